The van der Waals surface area contributed by atoms with Crippen LogP contribution in [0.5, 0.6) is 5.75 Å². The van der Waals surface area contributed by atoms with Crippen molar-refractivity contribution in [3.63, 3.8) is 0 Å². The average Bonchev–Trinajstić information content (AvgIpc) is 3.57. The minimum Gasteiger partial charge on any atom is -0.497 e. The number of carbonyl (C=O) groups is 3. The van der Waals surface area contributed by atoms with Gasteiger partial charge in [-0.15, -0.1) is 24.9 Å². The van der Waals surface area contributed by atoms with Gasteiger partial charge in [0.05, 0.1) is 30.3 Å². The molecule has 1 spiro atoms. The SMILES string of the molecule is C=CCCCOC(=O)[C@@H]1[C@H]2C(=O)N(CCCCO)C(C(=O)N(CC=C)c3ccc(OC)cc3)C23CC[C@H]1S3. The van der Waals surface area contributed by atoms with E-state index in [2.05, 4.69) is 13.2 Å². The number of unbranched alkanes of at least 4 members (excludes halogenated alkanes) is 2. The maximum Gasteiger partial charge on any atom is 0.310 e. The van der Waals surface area contributed by atoms with Gasteiger partial charge in [0.25, 0.3) is 5.91 Å². The Hall–Kier alpha value is -2.78. The molecule has 1 N–H and O–H groups in total. The summed E-state index contributed by atoms with van der Waals surface area (Å²) in [6.07, 6.45) is 7.46. The summed E-state index contributed by atoms with van der Waals surface area (Å²) in [6.45, 7) is 8.49. The van der Waals surface area contributed by atoms with Crippen LogP contribution in [0.1, 0.15) is 38.5 Å². The Morgan fingerprint density at radius 3 is 2.63 bits per heavy atom. The van der Waals surface area contributed by atoms with E-state index in [-0.39, 0.29) is 36.2 Å². The fourth-order valence-electron chi connectivity index (χ4n) is 6.19. The van der Waals surface area contributed by atoms with Crippen LogP contribution in [0.4, 0.5) is 5.69 Å². The molecule has 206 valence electrons. The van der Waals surface area contributed by atoms with Gasteiger partial charge in [-0.1, -0.05) is 12.2 Å². The van der Waals surface area contributed by atoms with E-state index < -0.39 is 22.6 Å². The highest BCUT2D eigenvalue weighted by atomic mass is 32.2. The predicted molar refractivity (Wildman–Crippen MR) is 148 cm³/mol. The number of allylic oxidation sites excluding steroid dienone is 1. The molecule has 9 heteroatoms. The molecule has 0 radical (unpaired) electrons. The zero-order chi connectivity index (χ0) is 27.3. The van der Waals surface area contributed by atoms with Crippen LogP contribution in [-0.4, -0.2) is 77.2 Å². The van der Waals surface area contributed by atoms with Crippen LogP contribution in [-0.2, 0) is 19.1 Å². The van der Waals surface area contributed by atoms with Crippen molar-refractivity contribution in [2.75, 3.05) is 38.3 Å². The van der Waals surface area contributed by atoms with Gasteiger partial charge >= 0.3 is 5.97 Å². The summed E-state index contributed by atoms with van der Waals surface area (Å²) in [6, 6.07) is 6.53. The van der Waals surface area contributed by atoms with Crippen LogP contribution in [0.2, 0.25) is 0 Å². The molecule has 4 rings (SSSR count). The van der Waals surface area contributed by atoms with Gasteiger partial charge in [0.2, 0.25) is 5.91 Å². The lowest BCUT2D eigenvalue weighted by molar-refractivity contribution is -0.154. The number of hydrogen-bond acceptors (Lipinski definition) is 7. The molecule has 3 aliphatic heterocycles. The first kappa shape index (κ1) is 28.2. The van der Waals surface area contributed by atoms with E-state index in [0.717, 1.165) is 12.8 Å². The molecule has 2 amide bonds. The number of esters is 1. The highest BCUT2D eigenvalue weighted by Crippen LogP contribution is 2.66. The van der Waals surface area contributed by atoms with Crippen LogP contribution in [0, 0.1) is 11.8 Å². The standard InChI is InChI=1S/C29H38N2O6S/c1-4-6-9-19-37-28(35)23-22-14-15-29(38-22)24(23)26(33)31(17-7-8-18-32)25(29)27(34)30(16-5-2)20-10-12-21(36-3)13-11-20/h4-5,10-13,22-25,32H,1-2,6-9,14-19H2,3H3/t22-,23+,24+,25?,29?/m1/s1. The van der Waals surface area contributed by atoms with E-state index >= 15 is 0 Å². The van der Waals surface area contributed by atoms with Crippen molar-refractivity contribution in [2.45, 2.75) is 54.6 Å². The highest BCUT2D eigenvalue weighted by Gasteiger charge is 2.74. The number of thioether (sulfide) groups is 1. The second-order valence-electron chi connectivity index (χ2n) is 10.1. The number of aliphatic hydroxyl groups excluding tert-OH is 1. The number of benzene rings is 1. The molecule has 2 bridgehead atoms. The lowest BCUT2D eigenvalue weighted by Gasteiger charge is -2.37. The number of hydrogen-bond donors (Lipinski definition) is 1. The Labute approximate surface area is 229 Å². The number of fused-ring (bicyclic) bond motifs is 1. The molecule has 3 heterocycles. The summed E-state index contributed by atoms with van der Waals surface area (Å²) in [5.74, 6) is -1.15. The molecule has 3 fully saturated rings. The van der Waals surface area contributed by atoms with Gasteiger partial charge < -0.3 is 24.4 Å². The van der Waals surface area contributed by atoms with Crippen molar-refractivity contribution >= 4 is 35.2 Å². The smallest absolute Gasteiger partial charge is 0.310 e. The maximum absolute atomic E-state index is 14.4. The summed E-state index contributed by atoms with van der Waals surface area (Å²) < 4.78 is 10.2. The minimum atomic E-state index is -0.714. The van der Waals surface area contributed by atoms with E-state index in [9.17, 15) is 19.5 Å². The molecule has 0 aliphatic carbocycles. The van der Waals surface area contributed by atoms with Gasteiger partial charge in [-0.25, -0.2) is 0 Å². The van der Waals surface area contributed by atoms with Gasteiger partial charge in [0.1, 0.15) is 11.8 Å². The number of ether oxygens (including phenoxy) is 2. The molecule has 8 nitrogen and oxygen atoms in total. The van der Waals surface area contributed by atoms with Gasteiger partial charge in [0, 0.05) is 30.6 Å². The third-order valence-corrected chi connectivity index (χ3v) is 9.82. The molecule has 5 atom stereocenters. The topological polar surface area (TPSA) is 96.4 Å². The predicted octanol–water partition coefficient (Wildman–Crippen LogP) is 3.59. The number of aliphatic hydroxyl groups is 1. The molecule has 1 aromatic carbocycles. The highest BCUT2D eigenvalue weighted by molar-refractivity contribution is 8.02. The molecule has 3 saturated heterocycles. The summed E-state index contributed by atoms with van der Waals surface area (Å²) in [5.41, 5.74) is 0.689. The lowest BCUT2D eigenvalue weighted by Crippen LogP contribution is -2.55. The second kappa shape index (κ2) is 12.4. The molecular formula is C29H38N2O6S. The van der Waals surface area contributed by atoms with E-state index in [4.69, 9.17) is 9.47 Å². The molecular weight excluding hydrogens is 504 g/mol. The summed E-state index contributed by atoms with van der Waals surface area (Å²) in [5, 5.41) is 9.32. The van der Waals surface area contributed by atoms with Crippen LogP contribution in [0.25, 0.3) is 0 Å². The minimum absolute atomic E-state index is 0.0140. The molecule has 0 aromatic heterocycles. The van der Waals surface area contributed by atoms with E-state index in [0.29, 0.717) is 50.3 Å². The Bertz CT molecular complexity index is 1050. The maximum atomic E-state index is 14.4. The monoisotopic (exact) mass is 542 g/mol. The van der Waals surface area contributed by atoms with Crippen LogP contribution >= 0.6 is 11.8 Å². The average molecular weight is 543 g/mol. The lowest BCUT2D eigenvalue weighted by atomic mass is 9.71. The van der Waals surface area contributed by atoms with Crippen molar-refractivity contribution in [2.24, 2.45) is 11.8 Å². The van der Waals surface area contributed by atoms with Crippen LogP contribution in [0.3, 0.4) is 0 Å². The van der Waals surface area contributed by atoms with Crippen molar-refractivity contribution in [3.05, 3.63) is 49.6 Å². The van der Waals surface area contributed by atoms with Crippen LogP contribution in [0.15, 0.2) is 49.6 Å². The quantitative estimate of drug-likeness (QED) is 0.218. The fourth-order valence-corrected chi connectivity index (χ4v) is 8.39. The molecule has 3 aliphatic rings. The normalized spacial score (nSPS) is 27.2. The Morgan fingerprint density at radius 2 is 1.97 bits per heavy atom. The zero-order valence-electron chi connectivity index (χ0n) is 22.0. The summed E-state index contributed by atoms with van der Waals surface area (Å²) in [7, 11) is 1.59. The molecule has 1 aromatic rings. The first-order valence-corrected chi connectivity index (χ1v) is 14.2. The third kappa shape index (κ3) is 5.10. The van der Waals surface area contributed by atoms with E-state index in [1.54, 1.807) is 53.0 Å². The van der Waals surface area contributed by atoms with E-state index in [1.807, 2.05) is 12.1 Å². The molecule has 38 heavy (non-hydrogen) atoms. The number of amides is 2. The van der Waals surface area contributed by atoms with Crippen molar-refractivity contribution < 1.29 is 29.0 Å². The van der Waals surface area contributed by atoms with Crippen molar-refractivity contribution in [1.82, 2.24) is 4.90 Å². The van der Waals surface area contributed by atoms with Gasteiger partial charge in [-0.05, 0) is 62.8 Å². The van der Waals surface area contributed by atoms with E-state index in [1.165, 1.54) is 0 Å². The Balaban J connectivity index is 1.67. The first-order valence-electron chi connectivity index (χ1n) is 13.4. The van der Waals surface area contributed by atoms with Crippen molar-refractivity contribution in [3.8, 4) is 5.75 Å². The number of likely N-dealkylation sites (tertiary alicyclic amines) is 1. The second-order valence-corrected chi connectivity index (χ2v) is 11.7. The van der Waals surface area contributed by atoms with Gasteiger partial charge in [-0.3, -0.25) is 14.4 Å². The van der Waals surface area contributed by atoms with Gasteiger partial charge in [-0.2, -0.15) is 0 Å². The van der Waals surface area contributed by atoms with Crippen molar-refractivity contribution in [1.29, 1.82) is 0 Å². The molecule has 0 saturated carbocycles. The fraction of sp³-hybridized carbons (Fsp3) is 0.552. The number of rotatable bonds is 14. The number of methoxy groups -OCH3 is 1. The largest absolute Gasteiger partial charge is 0.497 e. The molecule has 2 unspecified atom stereocenters. The zero-order valence-corrected chi connectivity index (χ0v) is 22.9. The number of carbonyl (C=O) groups excluding carboxylic acids is 3. The summed E-state index contributed by atoms with van der Waals surface area (Å²) in [4.78, 5) is 45.0. The Morgan fingerprint density at radius 1 is 1.21 bits per heavy atom. The third-order valence-electron chi connectivity index (χ3n) is 7.87. The summed E-state index contributed by atoms with van der Waals surface area (Å²) >= 11 is 1.63. The number of nitrogens with zero attached hydrogens (tertiary/aromatic N) is 2. The van der Waals surface area contributed by atoms with Gasteiger partial charge in [0.15, 0.2) is 0 Å². The van der Waals surface area contributed by atoms with Crippen LogP contribution < -0.4 is 9.64 Å². The number of anilines is 1. The Kier molecular flexibility index (Phi) is 9.20. The first-order chi connectivity index (χ1) is 18.4.